The van der Waals surface area contributed by atoms with Crippen LogP contribution in [0.2, 0.25) is 0 Å². The minimum absolute atomic E-state index is 0.282. The van der Waals surface area contributed by atoms with Gasteiger partial charge in [-0.05, 0) is 37.5 Å². The molecule has 0 aromatic rings. The van der Waals surface area contributed by atoms with Crippen LogP contribution in [-0.2, 0) is 4.74 Å². The first kappa shape index (κ1) is 14.3. The van der Waals surface area contributed by atoms with E-state index in [-0.39, 0.29) is 6.04 Å². The van der Waals surface area contributed by atoms with Crippen molar-refractivity contribution in [3.63, 3.8) is 0 Å². The second kappa shape index (κ2) is 7.49. The van der Waals surface area contributed by atoms with Crippen molar-refractivity contribution < 1.29 is 4.74 Å². The fraction of sp³-hybridized carbons (Fsp3) is 1.00. The summed E-state index contributed by atoms with van der Waals surface area (Å²) in [6.45, 7) is 3.10. The van der Waals surface area contributed by atoms with Crippen LogP contribution in [0.25, 0.3) is 0 Å². The molecule has 3 atom stereocenters. The second-order valence-electron chi connectivity index (χ2n) is 6.39. The summed E-state index contributed by atoms with van der Waals surface area (Å²) in [4.78, 5) is 0. The summed E-state index contributed by atoms with van der Waals surface area (Å²) >= 11 is 0. The monoisotopic (exact) mass is 253 g/mol. The first-order valence-corrected chi connectivity index (χ1v) is 8.18. The Kier molecular flexibility index (Phi) is 5.97. The zero-order valence-electron chi connectivity index (χ0n) is 12.1. The van der Waals surface area contributed by atoms with E-state index in [1.54, 1.807) is 0 Å². The van der Waals surface area contributed by atoms with E-state index in [9.17, 15) is 0 Å². The van der Waals surface area contributed by atoms with Crippen molar-refractivity contribution in [1.29, 1.82) is 0 Å². The summed E-state index contributed by atoms with van der Waals surface area (Å²) in [5.41, 5.74) is 6.33. The van der Waals surface area contributed by atoms with Gasteiger partial charge in [0.1, 0.15) is 0 Å². The molecular weight excluding hydrogens is 222 g/mol. The molecule has 3 unspecified atom stereocenters. The Labute approximate surface area is 113 Å². The lowest BCUT2D eigenvalue weighted by molar-refractivity contribution is -0.0250. The fourth-order valence-electron chi connectivity index (χ4n) is 3.79. The second-order valence-corrected chi connectivity index (χ2v) is 6.39. The topological polar surface area (TPSA) is 35.2 Å². The molecule has 0 heterocycles. The van der Waals surface area contributed by atoms with E-state index in [1.165, 1.54) is 64.2 Å². The van der Waals surface area contributed by atoms with Crippen LogP contribution in [0.1, 0.15) is 71.1 Å². The van der Waals surface area contributed by atoms with Crippen molar-refractivity contribution in [3.05, 3.63) is 0 Å². The number of hydrogen-bond donors (Lipinski definition) is 1. The average Bonchev–Trinajstić information content (AvgIpc) is 2.46. The predicted molar refractivity (Wildman–Crippen MR) is 76.5 cm³/mol. The smallest absolute Gasteiger partial charge is 0.0624 e. The lowest BCUT2D eigenvalue weighted by Gasteiger charge is -2.33. The molecule has 0 saturated heterocycles. The van der Waals surface area contributed by atoms with Gasteiger partial charge in [0.05, 0.1) is 12.7 Å². The summed E-state index contributed by atoms with van der Waals surface area (Å²) in [5.74, 6) is 1.51. The van der Waals surface area contributed by atoms with Gasteiger partial charge < -0.3 is 10.5 Å². The SMILES string of the molecule is CCC1CCCCC1OCC(N)C1CCCCC1. The Hall–Kier alpha value is -0.0800. The van der Waals surface area contributed by atoms with Crippen molar-refractivity contribution >= 4 is 0 Å². The minimum Gasteiger partial charge on any atom is -0.376 e. The molecule has 2 nitrogen and oxygen atoms in total. The summed E-state index contributed by atoms with van der Waals surface area (Å²) in [7, 11) is 0. The minimum atomic E-state index is 0.282. The van der Waals surface area contributed by atoms with Gasteiger partial charge in [-0.3, -0.25) is 0 Å². The Bertz CT molecular complexity index is 225. The van der Waals surface area contributed by atoms with Crippen LogP contribution in [0.5, 0.6) is 0 Å². The zero-order chi connectivity index (χ0) is 12.8. The molecule has 2 aliphatic rings. The van der Waals surface area contributed by atoms with Crippen molar-refractivity contribution in [2.75, 3.05) is 6.61 Å². The molecule has 106 valence electrons. The number of rotatable bonds is 5. The predicted octanol–water partition coefficient (Wildman–Crippen LogP) is 3.88. The van der Waals surface area contributed by atoms with E-state index < -0.39 is 0 Å². The Morgan fingerprint density at radius 1 is 1.00 bits per heavy atom. The molecule has 2 N–H and O–H groups in total. The summed E-state index contributed by atoms with van der Waals surface area (Å²) in [5, 5.41) is 0. The fourth-order valence-corrected chi connectivity index (χ4v) is 3.79. The van der Waals surface area contributed by atoms with Crippen LogP contribution in [0.4, 0.5) is 0 Å². The van der Waals surface area contributed by atoms with Gasteiger partial charge in [-0.2, -0.15) is 0 Å². The van der Waals surface area contributed by atoms with Crippen LogP contribution in [0, 0.1) is 11.8 Å². The van der Waals surface area contributed by atoms with E-state index in [4.69, 9.17) is 10.5 Å². The van der Waals surface area contributed by atoms with Gasteiger partial charge in [0.2, 0.25) is 0 Å². The maximum atomic E-state index is 6.33. The molecule has 2 saturated carbocycles. The van der Waals surface area contributed by atoms with Crippen LogP contribution < -0.4 is 5.73 Å². The third-order valence-electron chi connectivity index (χ3n) is 5.12. The first-order chi connectivity index (χ1) is 8.81. The highest BCUT2D eigenvalue weighted by Gasteiger charge is 2.26. The highest BCUT2D eigenvalue weighted by Crippen LogP contribution is 2.30. The van der Waals surface area contributed by atoms with Gasteiger partial charge in [0.25, 0.3) is 0 Å². The standard InChI is InChI=1S/C16H31NO/c1-2-13-8-6-7-11-16(13)18-12-15(17)14-9-4-3-5-10-14/h13-16H,2-12,17H2,1H3. The molecule has 0 aromatic heterocycles. The van der Waals surface area contributed by atoms with E-state index in [0.717, 1.165) is 18.4 Å². The average molecular weight is 253 g/mol. The molecule has 2 heteroatoms. The summed E-state index contributed by atoms with van der Waals surface area (Å²) in [6, 6.07) is 0.282. The Balaban J connectivity index is 1.71. The van der Waals surface area contributed by atoms with Gasteiger partial charge in [-0.1, -0.05) is 45.4 Å². The molecule has 0 amide bonds. The molecule has 2 rings (SSSR count). The summed E-state index contributed by atoms with van der Waals surface area (Å²) in [6.07, 6.45) is 13.9. The van der Waals surface area contributed by atoms with Crippen molar-refractivity contribution in [3.8, 4) is 0 Å². The molecule has 0 aromatic carbocycles. The van der Waals surface area contributed by atoms with E-state index in [0.29, 0.717) is 6.10 Å². The maximum absolute atomic E-state index is 6.33. The van der Waals surface area contributed by atoms with Gasteiger partial charge in [0.15, 0.2) is 0 Å². The van der Waals surface area contributed by atoms with Crippen LogP contribution in [0.15, 0.2) is 0 Å². The molecular formula is C16H31NO. The Morgan fingerprint density at radius 2 is 1.67 bits per heavy atom. The molecule has 0 bridgehead atoms. The highest BCUT2D eigenvalue weighted by molar-refractivity contribution is 4.79. The molecule has 2 aliphatic carbocycles. The molecule has 2 fully saturated rings. The highest BCUT2D eigenvalue weighted by atomic mass is 16.5. The number of ether oxygens (including phenoxy) is 1. The Morgan fingerprint density at radius 3 is 2.39 bits per heavy atom. The van der Waals surface area contributed by atoms with Crippen molar-refractivity contribution in [2.45, 2.75) is 83.3 Å². The van der Waals surface area contributed by atoms with E-state index >= 15 is 0 Å². The number of nitrogens with two attached hydrogens (primary N) is 1. The first-order valence-electron chi connectivity index (χ1n) is 8.18. The van der Waals surface area contributed by atoms with Crippen molar-refractivity contribution in [1.82, 2.24) is 0 Å². The third-order valence-corrected chi connectivity index (χ3v) is 5.12. The lowest BCUT2D eigenvalue weighted by Crippen LogP contribution is -2.39. The van der Waals surface area contributed by atoms with Crippen LogP contribution in [0.3, 0.4) is 0 Å². The third kappa shape index (κ3) is 3.96. The summed E-state index contributed by atoms with van der Waals surface area (Å²) < 4.78 is 6.18. The van der Waals surface area contributed by atoms with Gasteiger partial charge in [-0.15, -0.1) is 0 Å². The zero-order valence-corrected chi connectivity index (χ0v) is 12.1. The van der Waals surface area contributed by atoms with Gasteiger partial charge in [0, 0.05) is 6.04 Å². The largest absolute Gasteiger partial charge is 0.376 e. The number of hydrogen-bond acceptors (Lipinski definition) is 2. The maximum Gasteiger partial charge on any atom is 0.0624 e. The molecule has 0 spiro atoms. The van der Waals surface area contributed by atoms with Crippen LogP contribution in [-0.4, -0.2) is 18.8 Å². The molecule has 0 radical (unpaired) electrons. The molecule has 18 heavy (non-hydrogen) atoms. The van der Waals surface area contributed by atoms with E-state index in [2.05, 4.69) is 6.92 Å². The molecule has 0 aliphatic heterocycles. The normalized spacial score (nSPS) is 32.3. The van der Waals surface area contributed by atoms with E-state index in [1.807, 2.05) is 0 Å². The quantitative estimate of drug-likeness (QED) is 0.807. The lowest BCUT2D eigenvalue weighted by atomic mass is 9.83. The van der Waals surface area contributed by atoms with Crippen LogP contribution >= 0.6 is 0 Å². The van der Waals surface area contributed by atoms with Gasteiger partial charge in [-0.25, -0.2) is 0 Å². The van der Waals surface area contributed by atoms with Crippen molar-refractivity contribution in [2.24, 2.45) is 17.6 Å². The van der Waals surface area contributed by atoms with Gasteiger partial charge >= 0.3 is 0 Å².